The number of carbonyl (C=O) groups is 1. The molecule has 1 amide bonds. The van der Waals surface area contributed by atoms with Crippen LogP contribution in [0, 0.1) is 10.1 Å². The van der Waals surface area contributed by atoms with E-state index in [9.17, 15) is 31.7 Å². The van der Waals surface area contributed by atoms with Gasteiger partial charge in [0, 0.05) is 55.8 Å². The second kappa shape index (κ2) is 9.55. The summed E-state index contributed by atoms with van der Waals surface area (Å²) in [6.45, 7) is 4.82. The van der Waals surface area contributed by atoms with Gasteiger partial charge in [-0.25, -0.2) is 16.8 Å². The van der Waals surface area contributed by atoms with Crippen molar-refractivity contribution in [2.45, 2.75) is 16.7 Å². The molecule has 1 N–H and O–H groups in total. The maximum atomic E-state index is 13.0. The van der Waals surface area contributed by atoms with Gasteiger partial charge < -0.3 is 10.2 Å². The number of nitro benzene ring substituents is 1. The first-order valence-electron chi connectivity index (χ1n) is 10.1. The minimum Gasteiger partial charge on any atom is -0.322 e. The molecule has 0 aromatic heterocycles. The first kappa shape index (κ1) is 24.8. The molecular weight excluding hydrogens is 472 g/mol. The van der Waals surface area contributed by atoms with Gasteiger partial charge in [0.05, 0.1) is 14.7 Å². The van der Waals surface area contributed by atoms with Crippen LogP contribution in [-0.4, -0.2) is 75.9 Å². The van der Waals surface area contributed by atoms with Crippen molar-refractivity contribution in [3.05, 3.63) is 58.1 Å². The zero-order chi connectivity index (χ0) is 24.4. The number of rotatable bonds is 7. The second-order valence-electron chi connectivity index (χ2n) is 7.57. The molecular formula is C20H24N4O7S2. The van der Waals surface area contributed by atoms with Crippen LogP contribution in [0.1, 0.15) is 17.3 Å². The van der Waals surface area contributed by atoms with Crippen molar-refractivity contribution < 1.29 is 26.6 Å². The highest BCUT2D eigenvalue weighted by Crippen LogP contribution is 2.24. The van der Waals surface area contributed by atoms with E-state index in [0.717, 1.165) is 31.0 Å². The first-order chi connectivity index (χ1) is 15.4. The monoisotopic (exact) mass is 496 g/mol. The van der Waals surface area contributed by atoms with E-state index in [1.807, 2.05) is 6.92 Å². The molecule has 2 aromatic rings. The summed E-state index contributed by atoms with van der Waals surface area (Å²) in [6, 6.07) is 8.53. The summed E-state index contributed by atoms with van der Waals surface area (Å²) in [5.74, 6) is -0.810. The van der Waals surface area contributed by atoms with Gasteiger partial charge in [0.15, 0.2) is 9.84 Å². The van der Waals surface area contributed by atoms with Crippen LogP contribution < -0.4 is 5.32 Å². The van der Waals surface area contributed by atoms with E-state index in [2.05, 4.69) is 10.2 Å². The highest BCUT2D eigenvalue weighted by atomic mass is 32.2. The fourth-order valence-corrected chi connectivity index (χ4v) is 5.55. The van der Waals surface area contributed by atoms with E-state index < -0.39 is 36.4 Å². The summed E-state index contributed by atoms with van der Waals surface area (Å²) in [4.78, 5) is 24.8. The third-order valence-corrected chi connectivity index (χ3v) is 8.29. The van der Waals surface area contributed by atoms with Crippen LogP contribution in [0.4, 0.5) is 11.4 Å². The lowest BCUT2D eigenvalue weighted by molar-refractivity contribution is -0.385. The van der Waals surface area contributed by atoms with Crippen LogP contribution in [0.15, 0.2) is 52.3 Å². The van der Waals surface area contributed by atoms with Crippen LogP contribution in [-0.2, 0) is 19.9 Å². The van der Waals surface area contributed by atoms with Gasteiger partial charge in [0.1, 0.15) is 0 Å². The third kappa shape index (κ3) is 5.74. The molecule has 3 rings (SSSR count). The van der Waals surface area contributed by atoms with Gasteiger partial charge in [0.25, 0.3) is 11.6 Å². The normalized spacial score (nSPS) is 15.8. The maximum Gasteiger partial charge on any atom is 0.271 e. The molecule has 1 saturated heterocycles. The first-order valence-corrected chi connectivity index (χ1v) is 13.4. The van der Waals surface area contributed by atoms with Crippen LogP contribution in [0.3, 0.4) is 0 Å². The highest BCUT2D eigenvalue weighted by molar-refractivity contribution is 7.90. The fourth-order valence-electron chi connectivity index (χ4n) is 3.41. The van der Waals surface area contributed by atoms with Crippen LogP contribution in [0.25, 0.3) is 0 Å². The number of benzene rings is 2. The minimum absolute atomic E-state index is 0.00103. The number of nitro groups is 1. The second-order valence-corrected chi connectivity index (χ2v) is 11.5. The number of sulfone groups is 1. The molecule has 1 aliphatic heterocycles. The smallest absolute Gasteiger partial charge is 0.271 e. The Kier molecular flexibility index (Phi) is 7.17. The number of nitrogens with zero attached hydrogens (tertiary/aromatic N) is 3. The molecule has 1 heterocycles. The molecule has 1 fully saturated rings. The van der Waals surface area contributed by atoms with Gasteiger partial charge in [-0.05, 0) is 30.8 Å². The lowest BCUT2D eigenvalue weighted by atomic mass is 10.2. The van der Waals surface area contributed by atoms with E-state index in [1.54, 1.807) is 0 Å². The van der Waals surface area contributed by atoms with Crippen LogP contribution in [0.5, 0.6) is 0 Å². The van der Waals surface area contributed by atoms with Crippen molar-refractivity contribution in [3.63, 3.8) is 0 Å². The van der Waals surface area contributed by atoms with Gasteiger partial charge in [-0.15, -0.1) is 0 Å². The van der Waals surface area contributed by atoms with E-state index in [4.69, 9.17) is 0 Å². The summed E-state index contributed by atoms with van der Waals surface area (Å²) in [5, 5.41) is 13.6. The van der Waals surface area contributed by atoms with Gasteiger partial charge in [-0.2, -0.15) is 4.31 Å². The molecule has 2 aromatic carbocycles. The SMILES string of the molecule is CCN1CCN(S(=O)(=O)c2cccc(NC(=O)c3cc([N+](=O)[O-])cc(S(C)(=O)=O)c3)c2)CC1. The lowest BCUT2D eigenvalue weighted by Crippen LogP contribution is -2.48. The third-order valence-electron chi connectivity index (χ3n) is 5.30. The molecule has 13 heteroatoms. The Morgan fingerprint density at radius 1 is 1.03 bits per heavy atom. The Balaban J connectivity index is 1.86. The van der Waals surface area contributed by atoms with E-state index in [1.165, 1.54) is 28.6 Å². The van der Waals surface area contributed by atoms with E-state index in [-0.39, 0.29) is 21.0 Å². The summed E-state index contributed by atoms with van der Waals surface area (Å²) >= 11 is 0. The number of piperazine rings is 1. The zero-order valence-corrected chi connectivity index (χ0v) is 19.7. The number of non-ortho nitro benzene ring substituents is 1. The lowest BCUT2D eigenvalue weighted by Gasteiger charge is -2.33. The molecule has 178 valence electrons. The van der Waals surface area contributed by atoms with Gasteiger partial charge in [-0.1, -0.05) is 13.0 Å². The van der Waals surface area contributed by atoms with Crippen LogP contribution in [0.2, 0.25) is 0 Å². The van der Waals surface area contributed by atoms with Crippen molar-refractivity contribution in [2.75, 3.05) is 44.3 Å². The van der Waals surface area contributed by atoms with Gasteiger partial charge in [-0.3, -0.25) is 14.9 Å². The quantitative estimate of drug-likeness (QED) is 0.449. The van der Waals surface area contributed by atoms with Gasteiger partial charge >= 0.3 is 0 Å². The van der Waals surface area contributed by atoms with Crippen molar-refractivity contribution in [1.29, 1.82) is 0 Å². The molecule has 0 unspecified atom stereocenters. The molecule has 11 nitrogen and oxygen atoms in total. The predicted molar refractivity (Wildman–Crippen MR) is 121 cm³/mol. The summed E-state index contributed by atoms with van der Waals surface area (Å²) in [6.07, 6.45) is 0.877. The number of hydrogen-bond acceptors (Lipinski definition) is 8. The number of hydrogen-bond donors (Lipinski definition) is 1. The molecule has 0 radical (unpaired) electrons. The Morgan fingerprint density at radius 2 is 1.70 bits per heavy atom. The van der Waals surface area contributed by atoms with Crippen molar-refractivity contribution >= 4 is 37.1 Å². The molecule has 0 aliphatic carbocycles. The largest absolute Gasteiger partial charge is 0.322 e. The topological polar surface area (TPSA) is 147 Å². The molecule has 33 heavy (non-hydrogen) atoms. The number of carbonyl (C=O) groups excluding carboxylic acids is 1. The number of amides is 1. The zero-order valence-electron chi connectivity index (χ0n) is 18.1. The number of sulfonamides is 1. The molecule has 0 atom stereocenters. The molecule has 0 saturated carbocycles. The number of anilines is 1. The van der Waals surface area contributed by atoms with Crippen molar-refractivity contribution in [1.82, 2.24) is 9.21 Å². The Hall–Kier alpha value is -2.87. The average Bonchev–Trinajstić information content (AvgIpc) is 2.78. The summed E-state index contributed by atoms with van der Waals surface area (Å²) in [5.41, 5.74) is -0.639. The number of likely N-dealkylation sites (N-methyl/N-ethyl adjacent to an activating group) is 1. The molecule has 0 bridgehead atoms. The summed E-state index contributed by atoms with van der Waals surface area (Å²) in [7, 11) is -7.58. The fraction of sp³-hybridized carbons (Fsp3) is 0.350. The van der Waals surface area contributed by atoms with E-state index >= 15 is 0 Å². The standard InChI is InChI=1S/C20H24N4O7S2/c1-3-22-7-9-23(10-8-22)33(30,31)18-6-4-5-16(13-18)21-20(25)15-11-17(24(26)27)14-19(12-15)32(2,28)29/h4-6,11-14H,3,7-10H2,1-2H3,(H,21,25). The van der Waals surface area contributed by atoms with Gasteiger partial charge in [0.2, 0.25) is 10.0 Å². The highest BCUT2D eigenvalue weighted by Gasteiger charge is 2.28. The average molecular weight is 497 g/mol. The molecule has 0 spiro atoms. The number of nitrogens with one attached hydrogen (secondary N) is 1. The maximum absolute atomic E-state index is 13.0. The van der Waals surface area contributed by atoms with E-state index in [0.29, 0.717) is 26.2 Å². The van der Waals surface area contributed by atoms with Crippen molar-refractivity contribution in [2.24, 2.45) is 0 Å². The molecule has 1 aliphatic rings. The van der Waals surface area contributed by atoms with Crippen LogP contribution >= 0.6 is 0 Å². The Morgan fingerprint density at radius 3 is 2.27 bits per heavy atom. The Labute approximate surface area is 192 Å². The predicted octanol–water partition coefficient (Wildman–Crippen LogP) is 1.58. The Bertz CT molecular complexity index is 1290. The summed E-state index contributed by atoms with van der Waals surface area (Å²) < 4.78 is 51.1. The minimum atomic E-state index is -3.80. The van der Waals surface area contributed by atoms with Crippen molar-refractivity contribution in [3.8, 4) is 0 Å².